The topological polar surface area (TPSA) is 62.7 Å². The third-order valence-corrected chi connectivity index (χ3v) is 3.40. The molecule has 0 aliphatic carbocycles. The maximum absolute atomic E-state index is 9.02. The van der Waals surface area contributed by atoms with Crippen LogP contribution in [0.3, 0.4) is 0 Å². The Balaban J connectivity index is 2.07. The zero-order valence-corrected chi connectivity index (χ0v) is 12.0. The lowest BCUT2D eigenvalue weighted by Crippen LogP contribution is -2.11. The van der Waals surface area contributed by atoms with E-state index in [2.05, 4.69) is 16.3 Å². The quantitative estimate of drug-likeness (QED) is 0.800. The number of thioether (sulfide) groups is 1. The van der Waals surface area contributed by atoms with Gasteiger partial charge in [-0.25, -0.2) is 0 Å². The summed E-state index contributed by atoms with van der Waals surface area (Å²) in [6, 6.07) is 9.71. The highest BCUT2D eigenvalue weighted by molar-refractivity contribution is 7.98. The van der Waals surface area contributed by atoms with Crippen LogP contribution in [-0.4, -0.2) is 10.2 Å². The molecule has 0 saturated carbocycles. The molecule has 0 unspecified atom stereocenters. The number of benzene rings is 1. The smallest absolute Gasteiger partial charge is 0.276 e. The van der Waals surface area contributed by atoms with Crippen LogP contribution in [0, 0.1) is 11.3 Å². The van der Waals surface area contributed by atoms with Crippen molar-refractivity contribution in [3.8, 4) is 6.07 Å². The Morgan fingerprint density at radius 1 is 1.26 bits per heavy atom. The predicted octanol–water partition coefficient (Wildman–Crippen LogP) is 3.53. The predicted molar refractivity (Wildman–Crippen MR) is 73.7 cm³/mol. The summed E-state index contributed by atoms with van der Waals surface area (Å²) in [7, 11) is 0. The molecule has 19 heavy (non-hydrogen) atoms. The molecule has 1 aromatic heterocycles. The first-order chi connectivity index (χ1) is 9.00. The molecule has 0 bridgehead atoms. The van der Waals surface area contributed by atoms with Gasteiger partial charge in [0.15, 0.2) is 0 Å². The van der Waals surface area contributed by atoms with Crippen molar-refractivity contribution in [2.75, 3.05) is 0 Å². The van der Waals surface area contributed by atoms with Crippen LogP contribution in [0.4, 0.5) is 0 Å². The summed E-state index contributed by atoms with van der Waals surface area (Å²) >= 11 is 1.45. The molecule has 0 atom stereocenters. The van der Waals surface area contributed by atoms with Crippen molar-refractivity contribution in [2.24, 2.45) is 0 Å². The molecule has 2 aromatic rings. The highest BCUT2D eigenvalue weighted by Gasteiger charge is 2.21. The van der Waals surface area contributed by atoms with E-state index in [1.165, 1.54) is 11.8 Å². The molecule has 1 aromatic carbocycles. The minimum atomic E-state index is -0.142. The summed E-state index contributed by atoms with van der Waals surface area (Å²) in [6.45, 7) is 6.08. The first-order valence-corrected chi connectivity index (χ1v) is 6.94. The molecule has 1 heterocycles. The second-order valence-electron chi connectivity index (χ2n) is 5.18. The van der Waals surface area contributed by atoms with Crippen LogP contribution in [0.15, 0.2) is 33.9 Å². The lowest BCUT2D eigenvalue weighted by atomic mass is 9.97. The lowest BCUT2D eigenvalue weighted by molar-refractivity contribution is 0.347. The maximum Gasteiger partial charge on any atom is 0.276 e. The summed E-state index contributed by atoms with van der Waals surface area (Å²) in [6.07, 6.45) is 0. The fourth-order valence-electron chi connectivity index (χ4n) is 1.47. The van der Waals surface area contributed by atoms with E-state index >= 15 is 0 Å². The van der Waals surface area contributed by atoms with Crippen molar-refractivity contribution in [3.05, 3.63) is 41.3 Å². The number of rotatable bonds is 3. The average molecular weight is 273 g/mol. The van der Waals surface area contributed by atoms with E-state index in [9.17, 15) is 0 Å². The van der Waals surface area contributed by atoms with Gasteiger partial charge in [0.05, 0.1) is 11.6 Å². The first-order valence-electron chi connectivity index (χ1n) is 5.95. The van der Waals surface area contributed by atoms with Gasteiger partial charge < -0.3 is 4.42 Å². The van der Waals surface area contributed by atoms with Gasteiger partial charge in [-0.2, -0.15) is 5.26 Å². The second kappa shape index (κ2) is 5.45. The number of nitriles is 1. The van der Waals surface area contributed by atoms with E-state index in [-0.39, 0.29) is 5.41 Å². The lowest BCUT2D eigenvalue weighted by Gasteiger charge is -2.10. The average Bonchev–Trinajstić information content (AvgIpc) is 2.85. The molecule has 98 valence electrons. The fourth-order valence-corrected chi connectivity index (χ4v) is 2.23. The van der Waals surface area contributed by atoms with Gasteiger partial charge in [-0.1, -0.05) is 50.7 Å². The Hall–Kier alpha value is -1.80. The Morgan fingerprint density at radius 3 is 2.63 bits per heavy atom. The molecular formula is C14H15N3OS. The van der Waals surface area contributed by atoms with E-state index in [4.69, 9.17) is 9.68 Å². The molecule has 0 amide bonds. The molecule has 0 aliphatic rings. The van der Waals surface area contributed by atoms with Gasteiger partial charge in [0, 0.05) is 11.2 Å². The van der Waals surface area contributed by atoms with E-state index in [0.29, 0.717) is 22.4 Å². The number of aromatic nitrogens is 2. The molecule has 0 aliphatic heterocycles. The molecular weight excluding hydrogens is 258 g/mol. The first kappa shape index (κ1) is 13.6. The molecule has 0 spiro atoms. The van der Waals surface area contributed by atoms with Gasteiger partial charge in [0.2, 0.25) is 5.89 Å². The third kappa shape index (κ3) is 3.36. The Morgan fingerprint density at radius 2 is 2.00 bits per heavy atom. The van der Waals surface area contributed by atoms with Gasteiger partial charge in [-0.3, -0.25) is 0 Å². The fraction of sp³-hybridized carbons (Fsp3) is 0.357. The van der Waals surface area contributed by atoms with Crippen LogP contribution >= 0.6 is 11.8 Å². The van der Waals surface area contributed by atoms with E-state index in [0.717, 1.165) is 5.56 Å². The van der Waals surface area contributed by atoms with Crippen LogP contribution in [-0.2, 0) is 11.2 Å². The normalized spacial score (nSPS) is 11.3. The number of hydrogen-bond donors (Lipinski definition) is 0. The van der Waals surface area contributed by atoms with Gasteiger partial charge >= 0.3 is 0 Å². The summed E-state index contributed by atoms with van der Waals surface area (Å²) < 4.78 is 5.60. The summed E-state index contributed by atoms with van der Waals surface area (Å²) in [4.78, 5) is 0. The Labute approximate surface area is 116 Å². The highest BCUT2D eigenvalue weighted by atomic mass is 32.2. The molecule has 0 radical (unpaired) electrons. The molecule has 2 rings (SSSR count). The third-order valence-electron chi connectivity index (χ3n) is 2.54. The van der Waals surface area contributed by atoms with Crippen LogP contribution in [0.2, 0.25) is 0 Å². The Kier molecular flexibility index (Phi) is 3.91. The Bertz CT molecular complexity index is 608. The van der Waals surface area contributed by atoms with Crippen LogP contribution in [0.25, 0.3) is 0 Å². The number of nitrogens with zero attached hydrogens (tertiary/aromatic N) is 3. The molecule has 0 saturated heterocycles. The summed E-state index contributed by atoms with van der Waals surface area (Å²) in [5.74, 6) is 1.28. The molecule has 0 N–H and O–H groups in total. The van der Waals surface area contributed by atoms with Gasteiger partial charge in [0.1, 0.15) is 0 Å². The van der Waals surface area contributed by atoms with Crippen molar-refractivity contribution in [1.29, 1.82) is 5.26 Å². The van der Waals surface area contributed by atoms with E-state index in [1.807, 2.05) is 45.0 Å². The molecule has 0 fully saturated rings. The maximum atomic E-state index is 9.02. The van der Waals surface area contributed by atoms with Crippen LogP contribution < -0.4 is 0 Å². The SMILES string of the molecule is CC(C)(C)c1nnc(SCc2ccccc2C#N)o1. The minimum absolute atomic E-state index is 0.142. The van der Waals surface area contributed by atoms with Crippen LogP contribution in [0.1, 0.15) is 37.8 Å². The van der Waals surface area contributed by atoms with Gasteiger partial charge in [-0.05, 0) is 11.6 Å². The summed E-state index contributed by atoms with van der Waals surface area (Å²) in [5.41, 5.74) is 1.52. The highest BCUT2D eigenvalue weighted by Crippen LogP contribution is 2.27. The number of hydrogen-bond acceptors (Lipinski definition) is 5. The van der Waals surface area contributed by atoms with Gasteiger partial charge in [0.25, 0.3) is 5.22 Å². The molecule has 4 nitrogen and oxygen atoms in total. The van der Waals surface area contributed by atoms with Crippen molar-refractivity contribution >= 4 is 11.8 Å². The van der Waals surface area contributed by atoms with E-state index in [1.54, 1.807) is 0 Å². The van der Waals surface area contributed by atoms with Crippen molar-refractivity contribution < 1.29 is 4.42 Å². The minimum Gasteiger partial charge on any atom is -0.415 e. The zero-order chi connectivity index (χ0) is 13.9. The van der Waals surface area contributed by atoms with Crippen molar-refractivity contribution in [3.63, 3.8) is 0 Å². The monoisotopic (exact) mass is 273 g/mol. The second-order valence-corrected chi connectivity index (χ2v) is 6.11. The summed E-state index contributed by atoms with van der Waals surface area (Å²) in [5, 5.41) is 17.6. The van der Waals surface area contributed by atoms with Crippen molar-refractivity contribution in [1.82, 2.24) is 10.2 Å². The van der Waals surface area contributed by atoms with E-state index < -0.39 is 0 Å². The zero-order valence-electron chi connectivity index (χ0n) is 11.2. The van der Waals surface area contributed by atoms with Crippen molar-refractivity contribution in [2.45, 2.75) is 37.2 Å². The van der Waals surface area contributed by atoms with Crippen LogP contribution in [0.5, 0.6) is 0 Å². The molecule has 5 heteroatoms. The van der Waals surface area contributed by atoms with Gasteiger partial charge in [-0.15, -0.1) is 10.2 Å². The largest absolute Gasteiger partial charge is 0.415 e. The standard InChI is InChI=1S/C14H15N3OS/c1-14(2,3)12-16-17-13(18-12)19-9-11-7-5-4-6-10(11)8-15/h4-7H,9H2,1-3H3.